The summed E-state index contributed by atoms with van der Waals surface area (Å²) < 4.78 is 8.39. The molecule has 0 N–H and O–H groups in total. The van der Waals surface area contributed by atoms with Gasteiger partial charge in [-0.25, -0.2) is 4.98 Å². The quantitative estimate of drug-likeness (QED) is 0.620. The van der Waals surface area contributed by atoms with Gasteiger partial charge >= 0.3 is 0 Å². The molecule has 0 aliphatic carbocycles. The van der Waals surface area contributed by atoms with Crippen molar-refractivity contribution in [2.75, 3.05) is 6.61 Å². The highest BCUT2D eigenvalue weighted by Gasteiger charge is 2.23. The van der Waals surface area contributed by atoms with Crippen molar-refractivity contribution in [2.24, 2.45) is 0 Å². The average Bonchev–Trinajstić information content (AvgIpc) is 2.89. The maximum Gasteiger partial charge on any atom is 0.148 e. The second-order valence-electron chi connectivity index (χ2n) is 7.43. The predicted octanol–water partition coefficient (Wildman–Crippen LogP) is 5.41. The number of fused-ring (bicyclic) bond motifs is 1. The lowest BCUT2D eigenvalue weighted by Crippen LogP contribution is -2.11. The second-order valence-corrected chi connectivity index (χ2v) is 7.43. The third-order valence-corrected chi connectivity index (χ3v) is 5.38. The van der Waals surface area contributed by atoms with Crippen LogP contribution in [0.15, 0.2) is 30.3 Å². The Morgan fingerprint density at radius 2 is 1.73 bits per heavy atom. The van der Waals surface area contributed by atoms with Crippen LogP contribution < -0.4 is 4.74 Å². The van der Waals surface area contributed by atoms with E-state index in [4.69, 9.17) is 9.72 Å². The fourth-order valence-corrected chi connectivity index (χ4v) is 4.15. The van der Waals surface area contributed by atoms with Crippen LogP contribution in [0.2, 0.25) is 0 Å². The third kappa shape index (κ3) is 2.63. The van der Waals surface area contributed by atoms with Crippen molar-refractivity contribution in [1.82, 2.24) is 9.55 Å². The number of hydrogen-bond acceptors (Lipinski definition) is 2. The van der Waals surface area contributed by atoms with Crippen LogP contribution in [0.3, 0.4) is 0 Å². The summed E-state index contributed by atoms with van der Waals surface area (Å²) >= 11 is 0. The van der Waals surface area contributed by atoms with Crippen LogP contribution in [-0.4, -0.2) is 16.2 Å². The number of hydrogen-bond donors (Lipinski definition) is 0. The minimum absolute atomic E-state index is 0.783. The molecule has 0 radical (unpaired) electrons. The minimum atomic E-state index is 0.783. The number of imidazole rings is 1. The van der Waals surface area contributed by atoms with Gasteiger partial charge in [0, 0.05) is 5.69 Å². The number of ether oxygens (including phenoxy) is 1. The summed E-state index contributed by atoms with van der Waals surface area (Å²) in [5, 5.41) is 0. The molecule has 0 saturated carbocycles. The molecule has 0 saturated heterocycles. The topological polar surface area (TPSA) is 27.1 Å². The van der Waals surface area contributed by atoms with E-state index in [0.717, 1.165) is 42.3 Å². The van der Waals surface area contributed by atoms with Gasteiger partial charge in [-0.3, -0.25) is 4.57 Å². The van der Waals surface area contributed by atoms with Crippen molar-refractivity contribution in [3.05, 3.63) is 64.0 Å². The molecule has 3 aromatic rings. The lowest BCUT2D eigenvalue weighted by Gasteiger charge is -2.22. The largest absolute Gasteiger partial charge is 0.493 e. The highest BCUT2D eigenvalue weighted by Crippen LogP contribution is 2.38. The number of benzene rings is 2. The van der Waals surface area contributed by atoms with Crippen LogP contribution in [0.25, 0.3) is 17.1 Å². The summed E-state index contributed by atoms with van der Waals surface area (Å²) in [6.07, 6.45) is 2.16. The number of aromatic nitrogens is 2. The summed E-state index contributed by atoms with van der Waals surface area (Å²) in [6.45, 7) is 11.5. The third-order valence-electron chi connectivity index (χ3n) is 5.38. The zero-order valence-corrected chi connectivity index (χ0v) is 16.3. The van der Waals surface area contributed by atoms with Crippen molar-refractivity contribution in [1.29, 1.82) is 0 Å². The molecule has 134 valence electrons. The Bertz CT molecular complexity index is 975. The van der Waals surface area contributed by atoms with Crippen molar-refractivity contribution >= 4 is 0 Å². The molecule has 0 spiro atoms. The first kappa shape index (κ1) is 16.9. The number of nitrogens with zero attached hydrogens (tertiary/aromatic N) is 2. The molecule has 0 unspecified atom stereocenters. The van der Waals surface area contributed by atoms with E-state index >= 15 is 0 Å². The van der Waals surface area contributed by atoms with Crippen LogP contribution in [-0.2, 0) is 6.42 Å². The Kier molecular flexibility index (Phi) is 4.10. The van der Waals surface area contributed by atoms with Crippen LogP contribution in [0.1, 0.15) is 40.1 Å². The van der Waals surface area contributed by atoms with Crippen LogP contribution >= 0.6 is 0 Å². The van der Waals surface area contributed by atoms with E-state index < -0.39 is 0 Å². The van der Waals surface area contributed by atoms with Gasteiger partial charge in [0.25, 0.3) is 0 Å². The zero-order chi connectivity index (χ0) is 18.4. The molecule has 1 aliphatic heterocycles. The van der Waals surface area contributed by atoms with Gasteiger partial charge in [-0.05, 0) is 70.2 Å². The highest BCUT2D eigenvalue weighted by molar-refractivity contribution is 5.71. The molecule has 0 atom stereocenters. The van der Waals surface area contributed by atoms with Crippen molar-refractivity contribution in [2.45, 2.75) is 47.5 Å². The Morgan fingerprint density at radius 1 is 1.00 bits per heavy atom. The Labute approximate surface area is 155 Å². The molecule has 1 aromatic heterocycles. The second kappa shape index (κ2) is 6.31. The van der Waals surface area contributed by atoms with E-state index in [9.17, 15) is 0 Å². The van der Waals surface area contributed by atoms with Gasteiger partial charge in [0.05, 0.1) is 23.6 Å². The molecule has 2 heterocycles. The first-order valence-corrected chi connectivity index (χ1v) is 9.36. The molecule has 26 heavy (non-hydrogen) atoms. The molecular formula is C23H26N2O. The van der Waals surface area contributed by atoms with E-state index in [2.05, 4.69) is 69.5 Å². The van der Waals surface area contributed by atoms with E-state index in [1.807, 2.05) is 0 Å². The minimum Gasteiger partial charge on any atom is -0.493 e. The van der Waals surface area contributed by atoms with Crippen molar-refractivity contribution in [3.8, 4) is 22.8 Å². The predicted molar refractivity (Wildman–Crippen MR) is 107 cm³/mol. The first-order chi connectivity index (χ1) is 12.5. The SMILES string of the molecule is Cc1cc(C)c(-n2c(-c3cccc4c3OCCC4)nc(C)c2C)c(C)c1. The zero-order valence-electron chi connectivity index (χ0n) is 16.3. The van der Waals surface area contributed by atoms with E-state index in [0.29, 0.717) is 0 Å². The molecule has 1 aliphatic rings. The molecule has 2 aromatic carbocycles. The van der Waals surface area contributed by atoms with Crippen molar-refractivity contribution < 1.29 is 4.74 Å². The van der Waals surface area contributed by atoms with Gasteiger partial charge < -0.3 is 4.74 Å². The molecule has 4 rings (SSSR count). The summed E-state index contributed by atoms with van der Waals surface area (Å²) in [6, 6.07) is 10.9. The Hall–Kier alpha value is -2.55. The number of para-hydroxylation sites is 1. The van der Waals surface area contributed by atoms with Gasteiger partial charge in [0.1, 0.15) is 11.6 Å². The fraction of sp³-hybridized carbons (Fsp3) is 0.348. The van der Waals surface area contributed by atoms with Gasteiger partial charge in [0.15, 0.2) is 0 Å². The molecular weight excluding hydrogens is 320 g/mol. The van der Waals surface area contributed by atoms with E-state index in [1.54, 1.807) is 0 Å². The van der Waals surface area contributed by atoms with Gasteiger partial charge in [0.2, 0.25) is 0 Å². The average molecular weight is 346 g/mol. The molecule has 3 nitrogen and oxygen atoms in total. The Balaban J connectivity index is 2.01. The van der Waals surface area contributed by atoms with E-state index in [1.165, 1.54) is 33.6 Å². The van der Waals surface area contributed by atoms with Gasteiger partial charge in [-0.2, -0.15) is 0 Å². The summed E-state index contributed by atoms with van der Waals surface area (Å²) in [5.41, 5.74) is 9.70. The Morgan fingerprint density at radius 3 is 2.46 bits per heavy atom. The van der Waals surface area contributed by atoms with Crippen molar-refractivity contribution in [3.63, 3.8) is 0 Å². The van der Waals surface area contributed by atoms with Crippen LogP contribution in [0.5, 0.6) is 5.75 Å². The number of rotatable bonds is 2. The summed E-state index contributed by atoms with van der Waals surface area (Å²) in [7, 11) is 0. The lowest BCUT2D eigenvalue weighted by molar-refractivity contribution is 0.289. The highest BCUT2D eigenvalue weighted by atomic mass is 16.5. The normalized spacial score (nSPS) is 13.4. The first-order valence-electron chi connectivity index (χ1n) is 9.36. The maximum atomic E-state index is 6.08. The van der Waals surface area contributed by atoms with Gasteiger partial charge in [-0.1, -0.05) is 29.8 Å². The summed E-state index contributed by atoms with van der Waals surface area (Å²) in [5.74, 6) is 1.99. The fourth-order valence-electron chi connectivity index (χ4n) is 4.15. The van der Waals surface area contributed by atoms with Crippen LogP contribution in [0, 0.1) is 34.6 Å². The smallest absolute Gasteiger partial charge is 0.148 e. The van der Waals surface area contributed by atoms with Gasteiger partial charge in [-0.15, -0.1) is 0 Å². The number of aryl methyl sites for hydroxylation is 5. The van der Waals surface area contributed by atoms with Crippen LogP contribution in [0.4, 0.5) is 0 Å². The molecule has 3 heteroatoms. The standard InChI is InChI=1S/C23H26N2O/c1-14-12-15(2)21(16(3)13-14)25-18(5)17(4)24-23(25)20-10-6-8-19-9-7-11-26-22(19)20/h6,8,10,12-13H,7,9,11H2,1-5H3. The monoisotopic (exact) mass is 346 g/mol. The molecule has 0 fully saturated rings. The lowest BCUT2D eigenvalue weighted by atomic mass is 10.0. The maximum absolute atomic E-state index is 6.08. The van der Waals surface area contributed by atoms with E-state index in [-0.39, 0.29) is 0 Å². The molecule has 0 amide bonds. The molecule has 0 bridgehead atoms. The summed E-state index contributed by atoms with van der Waals surface area (Å²) in [4.78, 5) is 4.95.